The van der Waals surface area contributed by atoms with Crippen LogP contribution in [0.5, 0.6) is 0 Å². The number of dihydropyridines is 1. The molecule has 0 aromatic rings. The first-order valence-electron chi connectivity index (χ1n) is 3.88. The number of ketones is 1. The van der Waals surface area contributed by atoms with Crippen molar-refractivity contribution in [3.05, 3.63) is 23.5 Å². The molecule has 60 valence electrons. The van der Waals surface area contributed by atoms with Crippen molar-refractivity contribution in [3.8, 4) is 0 Å². The Bertz CT molecular complexity index is 226. The molecule has 2 heteroatoms. The number of hydrogen-bond acceptors (Lipinski definition) is 2. The van der Waals surface area contributed by atoms with Crippen LogP contribution in [-0.4, -0.2) is 5.78 Å². The molecule has 0 spiro atoms. The second kappa shape index (κ2) is 3.37. The van der Waals surface area contributed by atoms with Crippen LogP contribution in [0.1, 0.15) is 26.7 Å². The van der Waals surface area contributed by atoms with E-state index in [0.717, 1.165) is 18.4 Å². The summed E-state index contributed by atoms with van der Waals surface area (Å²) in [6.07, 6.45) is 5.57. The Balaban J connectivity index is 2.62. The number of allylic oxidation sites excluding steroid dienone is 2. The Hall–Kier alpha value is -1.05. The number of carbonyl (C=O) groups is 1. The highest BCUT2D eigenvalue weighted by molar-refractivity contribution is 5.93. The third-order valence-electron chi connectivity index (χ3n) is 1.87. The van der Waals surface area contributed by atoms with E-state index in [1.165, 1.54) is 5.57 Å². The molecular formula is C9H13NO. The molecule has 0 radical (unpaired) electrons. The largest absolute Gasteiger partial charge is 0.367 e. The molecule has 1 aliphatic rings. The molecule has 0 fully saturated rings. The molecule has 1 aliphatic heterocycles. The molecule has 0 aromatic carbocycles. The van der Waals surface area contributed by atoms with Gasteiger partial charge in [-0.05, 0) is 31.5 Å². The summed E-state index contributed by atoms with van der Waals surface area (Å²) in [5, 5.41) is 2.97. The van der Waals surface area contributed by atoms with E-state index in [1.54, 1.807) is 13.1 Å². The zero-order chi connectivity index (χ0) is 8.27. The van der Waals surface area contributed by atoms with Gasteiger partial charge in [0.05, 0.1) is 0 Å². The second-order valence-electron chi connectivity index (χ2n) is 2.73. The van der Waals surface area contributed by atoms with Crippen LogP contribution in [0.25, 0.3) is 0 Å². The summed E-state index contributed by atoms with van der Waals surface area (Å²) in [5.74, 6) is 0.163. The maximum Gasteiger partial charge on any atom is 0.157 e. The van der Waals surface area contributed by atoms with Crippen LogP contribution in [0, 0.1) is 0 Å². The Kier molecular flexibility index (Phi) is 2.47. The molecule has 1 heterocycles. The lowest BCUT2D eigenvalue weighted by Gasteiger charge is -2.11. The van der Waals surface area contributed by atoms with Gasteiger partial charge < -0.3 is 5.32 Å². The number of nitrogens with one attached hydrogen (secondary N) is 1. The lowest BCUT2D eigenvalue weighted by atomic mass is 10.0. The van der Waals surface area contributed by atoms with Crippen molar-refractivity contribution < 1.29 is 4.79 Å². The van der Waals surface area contributed by atoms with Crippen LogP contribution in [-0.2, 0) is 4.79 Å². The average molecular weight is 151 g/mol. The van der Waals surface area contributed by atoms with Crippen LogP contribution in [0.4, 0.5) is 0 Å². The standard InChI is InChI=1S/C9H13NO/c1-3-8-4-9(7(2)11)6-10-5-8/h5-6,10H,3-4H2,1-2H3. The first kappa shape index (κ1) is 8.05. The van der Waals surface area contributed by atoms with Gasteiger partial charge in [0, 0.05) is 11.8 Å². The Morgan fingerprint density at radius 2 is 2.36 bits per heavy atom. The van der Waals surface area contributed by atoms with E-state index in [2.05, 4.69) is 12.2 Å². The summed E-state index contributed by atoms with van der Waals surface area (Å²) >= 11 is 0. The van der Waals surface area contributed by atoms with Crippen LogP contribution in [0.3, 0.4) is 0 Å². The van der Waals surface area contributed by atoms with Crippen LogP contribution < -0.4 is 5.32 Å². The topological polar surface area (TPSA) is 29.1 Å². The van der Waals surface area contributed by atoms with Gasteiger partial charge in [0.1, 0.15) is 0 Å². The average Bonchev–Trinajstić information content (AvgIpc) is 2.05. The maximum absolute atomic E-state index is 10.9. The monoisotopic (exact) mass is 151 g/mol. The number of Topliss-reactive ketones (excluding diaryl/α,β-unsaturated/α-hetero) is 1. The van der Waals surface area contributed by atoms with Crippen molar-refractivity contribution in [2.24, 2.45) is 0 Å². The van der Waals surface area contributed by atoms with E-state index < -0.39 is 0 Å². The fraction of sp³-hybridized carbons (Fsp3) is 0.444. The molecule has 0 aliphatic carbocycles. The molecule has 0 atom stereocenters. The minimum absolute atomic E-state index is 0.163. The van der Waals surface area contributed by atoms with Crippen molar-refractivity contribution in [1.82, 2.24) is 5.32 Å². The van der Waals surface area contributed by atoms with Crippen molar-refractivity contribution >= 4 is 5.78 Å². The molecule has 1 rings (SSSR count). The van der Waals surface area contributed by atoms with E-state index >= 15 is 0 Å². The summed E-state index contributed by atoms with van der Waals surface area (Å²) in [5.41, 5.74) is 2.17. The molecule has 2 nitrogen and oxygen atoms in total. The maximum atomic E-state index is 10.9. The predicted molar refractivity (Wildman–Crippen MR) is 44.9 cm³/mol. The van der Waals surface area contributed by atoms with Gasteiger partial charge in [-0.3, -0.25) is 4.79 Å². The van der Waals surface area contributed by atoms with Gasteiger partial charge in [-0.15, -0.1) is 0 Å². The predicted octanol–water partition coefficient (Wildman–Crippen LogP) is 1.75. The zero-order valence-electron chi connectivity index (χ0n) is 6.98. The normalized spacial score (nSPS) is 16.5. The van der Waals surface area contributed by atoms with Gasteiger partial charge in [0.2, 0.25) is 0 Å². The van der Waals surface area contributed by atoms with Gasteiger partial charge in [-0.2, -0.15) is 0 Å². The highest BCUT2D eigenvalue weighted by Crippen LogP contribution is 2.16. The first-order valence-corrected chi connectivity index (χ1v) is 3.88. The zero-order valence-corrected chi connectivity index (χ0v) is 6.98. The van der Waals surface area contributed by atoms with Crippen molar-refractivity contribution in [3.63, 3.8) is 0 Å². The van der Waals surface area contributed by atoms with Gasteiger partial charge >= 0.3 is 0 Å². The van der Waals surface area contributed by atoms with Crippen molar-refractivity contribution in [2.75, 3.05) is 0 Å². The van der Waals surface area contributed by atoms with Gasteiger partial charge in [-0.25, -0.2) is 0 Å². The van der Waals surface area contributed by atoms with Gasteiger partial charge in [0.15, 0.2) is 5.78 Å². The minimum atomic E-state index is 0.163. The lowest BCUT2D eigenvalue weighted by Crippen LogP contribution is -2.10. The van der Waals surface area contributed by atoms with E-state index in [-0.39, 0.29) is 5.78 Å². The van der Waals surface area contributed by atoms with Crippen LogP contribution in [0.2, 0.25) is 0 Å². The van der Waals surface area contributed by atoms with Crippen LogP contribution in [0.15, 0.2) is 23.5 Å². The molecule has 1 N–H and O–H groups in total. The summed E-state index contributed by atoms with van der Waals surface area (Å²) < 4.78 is 0. The molecule has 0 unspecified atom stereocenters. The third kappa shape index (κ3) is 1.93. The first-order chi connectivity index (χ1) is 5.24. The van der Waals surface area contributed by atoms with Crippen molar-refractivity contribution in [1.29, 1.82) is 0 Å². The highest BCUT2D eigenvalue weighted by Gasteiger charge is 2.08. The molecule has 0 aromatic heterocycles. The van der Waals surface area contributed by atoms with E-state index in [0.29, 0.717) is 0 Å². The smallest absolute Gasteiger partial charge is 0.157 e. The fourth-order valence-electron chi connectivity index (χ4n) is 1.06. The summed E-state index contributed by atoms with van der Waals surface area (Å²) in [6, 6.07) is 0. The third-order valence-corrected chi connectivity index (χ3v) is 1.87. The Morgan fingerprint density at radius 1 is 1.64 bits per heavy atom. The number of rotatable bonds is 2. The molecule has 0 bridgehead atoms. The number of carbonyl (C=O) groups excluding carboxylic acids is 1. The van der Waals surface area contributed by atoms with Gasteiger partial charge in [-0.1, -0.05) is 6.92 Å². The summed E-state index contributed by atoms with van der Waals surface area (Å²) in [6.45, 7) is 3.70. The molecule has 0 amide bonds. The molecule has 0 saturated heterocycles. The Morgan fingerprint density at radius 3 is 2.91 bits per heavy atom. The van der Waals surface area contributed by atoms with E-state index in [9.17, 15) is 4.79 Å². The SMILES string of the molecule is CCC1=CNC=C(C(C)=O)C1. The molecule has 0 saturated carbocycles. The minimum Gasteiger partial charge on any atom is -0.367 e. The second-order valence-corrected chi connectivity index (χ2v) is 2.73. The van der Waals surface area contributed by atoms with Gasteiger partial charge in [0.25, 0.3) is 0 Å². The summed E-state index contributed by atoms with van der Waals surface area (Å²) in [7, 11) is 0. The van der Waals surface area contributed by atoms with E-state index in [1.807, 2.05) is 6.20 Å². The lowest BCUT2D eigenvalue weighted by molar-refractivity contribution is -0.113. The molecular weight excluding hydrogens is 138 g/mol. The summed E-state index contributed by atoms with van der Waals surface area (Å²) in [4.78, 5) is 10.9. The Labute approximate surface area is 67.0 Å². The highest BCUT2D eigenvalue weighted by atomic mass is 16.1. The van der Waals surface area contributed by atoms with E-state index in [4.69, 9.17) is 0 Å². The molecule has 11 heavy (non-hydrogen) atoms. The fourth-order valence-corrected chi connectivity index (χ4v) is 1.06. The van der Waals surface area contributed by atoms with Crippen molar-refractivity contribution in [2.45, 2.75) is 26.7 Å². The van der Waals surface area contributed by atoms with Crippen LogP contribution >= 0.6 is 0 Å². The number of hydrogen-bond donors (Lipinski definition) is 1. The quantitative estimate of drug-likeness (QED) is 0.651.